The molecule has 4 heteroatoms. The lowest BCUT2D eigenvalue weighted by Crippen LogP contribution is -2.28. The van der Waals surface area contributed by atoms with E-state index in [-0.39, 0.29) is 11.5 Å². The third kappa shape index (κ3) is 3.19. The van der Waals surface area contributed by atoms with Gasteiger partial charge in [0.1, 0.15) is 0 Å². The fourth-order valence-corrected chi connectivity index (χ4v) is 5.15. The minimum Gasteiger partial charge on any atom is -0.289 e. The third-order valence-electron chi connectivity index (χ3n) is 6.72. The zero-order valence-electron chi connectivity index (χ0n) is 17.4. The molecular formula is C27H23NO3. The van der Waals surface area contributed by atoms with Crippen LogP contribution < -0.4 is 10.4 Å². The SMILES string of the molecule is CCC1CCC(C(=O)c2ccc([N+](=O)[O-])cc2)=c2ccc3c(c21)CC=c1ccccc1=3. The van der Waals surface area contributed by atoms with E-state index in [1.165, 1.54) is 38.9 Å². The van der Waals surface area contributed by atoms with E-state index in [2.05, 4.69) is 49.4 Å². The summed E-state index contributed by atoms with van der Waals surface area (Å²) in [4.78, 5) is 23.9. The number of carbonyl (C=O) groups excluding carboxylic acids is 1. The predicted molar refractivity (Wildman–Crippen MR) is 121 cm³/mol. The summed E-state index contributed by atoms with van der Waals surface area (Å²) in [6.45, 7) is 2.22. The Bertz CT molecular complexity index is 1440. The summed E-state index contributed by atoms with van der Waals surface area (Å²) in [6, 6.07) is 18.7. The molecule has 1 unspecified atom stereocenters. The number of benzene rings is 3. The van der Waals surface area contributed by atoms with Crippen molar-refractivity contribution >= 4 is 23.1 Å². The minimum atomic E-state index is -0.441. The molecule has 0 aliphatic heterocycles. The second kappa shape index (κ2) is 7.62. The Morgan fingerprint density at radius 2 is 1.74 bits per heavy atom. The molecule has 4 nitrogen and oxygen atoms in total. The number of ketones is 1. The van der Waals surface area contributed by atoms with Crippen LogP contribution in [0, 0.1) is 20.6 Å². The van der Waals surface area contributed by atoms with Crippen LogP contribution in [-0.4, -0.2) is 10.7 Å². The van der Waals surface area contributed by atoms with E-state index >= 15 is 0 Å². The molecule has 0 saturated carbocycles. The fourth-order valence-electron chi connectivity index (χ4n) is 5.15. The average molecular weight is 409 g/mol. The van der Waals surface area contributed by atoms with Crippen molar-refractivity contribution in [2.75, 3.05) is 0 Å². The van der Waals surface area contributed by atoms with Crippen LogP contribution in [-0.2, 0) is 6.42 Å². The summed E-state index contributed by atoms with van der Waals surface area (Å²) in [5.74, 6) is 0.419. The summed E-state index contributed by atoms with van der Waals surface area (Å²) in [5.41, 5.74) is 4.00. The molecule has 0 bridgehead atoms. The van der Waals surface area contributed by atoms with Gasteiger partial charge in [-0.05, 0) is 75.7 Å². The first-order chi connectivity index (χ1) is 15.1. The monoisotopic (exact) mass is 409 g/mol. The molecule has 0 heterocycles. The molecule has 0 aromatic heterocycles. The van der Waals surface area contributed by atoms with Crippen molar-refractivity contribution in [1.82, 2.24) is 0 Å². The van der Waals surface area contributed by atoms with Gasteiger partial charge in [-0.2, -0.15) is 0 Å². The summed E-state index contributed by atoms with van der Waals surface area (Å²) in [7, 11) is 0. The lowest BCUT2D eigenvalue weighted by atomic mass is 9.77. The van der Waals surface area contributed by atoms with Crippen LogP contribution in [0.15, 0.2) is 60.7 Å². The Balaban J connectivity index is 1.75. The lowest BCUT2D eigenvalue weighted by Gasteiger charge is -2.27. The Labute approximate surface area is 180 Å². The van der Waals surface area contributed by atoms with Gasteiger partial charge in [0.05, 0.1) is 4.92 Å². The van der Waals surface area contributed by atoms with Crippen molar-refractivity contribution < 1.29 is 9.72 Å². The molecule has 5 rings (SSSR count). The van der Waals surface area contributed by atoms with E-state index in [9.17, 15) is 14.9 Å². The smallest absolute Gasteiger partial charge is 0.269 e. The molecule has 154 valence electrons. The van der Waals surface area contributed by atoms with Crippen LogP contribution >= 0.6 is 0 Å². The Morgan fingerprint density at radius 3 is 2.48 bits per heavy atom. The molecule has 2 aliphatic carbocycles. The van der Waals surface area contributed by atoms with Gasteiger partial charge in [0.25, 0.3) is 5.69 Å². The lowest BCUT2D eigenvalue weighted by molar-refractivity contribution is -0.384. The maximum absolute atomic E-state index is 13.4. The van der Waals surface area contributed by atoms with E-state index in [1.54, 1.807) is 12.1 Å². The van der Waals surface area contributed by atoms with Crippen LogP contribution in [0.1, 0.15) is 53.6 Å². The maximum atomic E-state index is 13.4. The average Bonchev–Trinajstić information content (AvgIpc) is 2.82. The highest BCUT2D eigenvalue weighted by Gasteiger charge is 2.26. The molecule has 0 amide bonds. The largest absolute Gasteiger partial charge is 0.289 e. The van der Waals surface area contributed by atoms with Crippen LogP contribution in [0.25, 0.3) is 11.6 Å². The number of fused-ring (bicyclic) bond motifs is 4. The summed E-state index contributed by atoms with van der Waals surface area (Å²) in [5, 5.41) is 15.8. The van der Waals surface area contributed by atoms with Crippen LogP contribution in [0.5, 0.6) is 0 Å². The molecule has 31 heavy (non-hydrogen) atoms. The first-order valence-electron chi connectivity index (χ1n) is 10.8. The fraction of sp³-hybridized carbons (Fsp3) is 0.222. The molecule has 1 atom stereocenters. The van der Waals surface area contributed by atoms with E-state index in [0.29, 0.717) is 11.5 Å². The van der Waals surface area contributed by atoms with Gasteiger partial charge in [0, 0.05) is 23.3 Å². The highest BCUT2D eigenvalue weighted by Crippen LogP contribution is 2.33. The standard InChI is InChI=1S/C27H23NO3/c1-2-17-9-14-25(27(29)19-7-11-20(12-8-19)28(30)31)24-16-15-22-21-6-4-3-5-18(21)10-13-23(22)26(17)24/h3-8,10-12,15-17H,2,9,13-14H2,1H3. The number of nitro groups is 1. The van der Waals surface area contributed by atoms with Crippen molar-refractivity contribution in [2.45, 2.75) is 38.5 Å². The summed E-state index contributed by atoms with van der Waals surface area (Å²) in [6.07, 6.45) is 5.91. The van der Waals surface area contributed by atoms with Crippen LogP contribution in [0.3, 0.4) is 0 Å². The molecule has 3 aromatic rings. The van der Waals surface area contributed by atoms with Gasteiger partial charge in [-0.15, -0.1) is 0 Å². The van der Waals surface area contributed by atoms with Crippen molar-refractivity contribution in [3.8, 4) is 0 Å². The topological polar surface area (TPSA) is 60.2 Å². The normalized spacial score (nSPS) is 16.5. The van der Waals surface area contributed by atoms with E-state index in [0.717, 1.165) is 36.5 Å². The number of Topliss-reactive ketones (excluding diaryl/α,β-unsaturated/α-hetero) is 1. The van der Waals surface area contributed by atoms with Crippen LogP contribution in [0.4, 0.5) is 5.69 Å². The van der Waals surface area contributed by atoms with Gasteiger partial charge in [-0.1, -0.05) is 49.4 Å². The Morgan fingerprint density at radius 1 is 1.00 bits per heavy atom. The van der Waals surface area contributed by atoms with Crippen molar-refractivity contribution in [1.29, 1.82) is 0 Å². The number of nitro benzene ring substituents is 1. The molecule has 0 fully saturated rings. The third-order valence-corrected chi connectivity index (χ3v) is 6.72. The zero-order chi connectivity index (χ0) is 21.5. The number of hydrogen-bond donors (Lipinski definition) is 0. The van der Waals surface area contributed by atoms with Gasteiger partial charge >= 0.3 is 0 Å². The number of nitrogens with zero attached hydrogens (tertiary/aromatic N) is 1. The first-order valence-corrected chi connectivity index (χ1v) is 10.8. The number of non-ortho nitro benzene ring substituents is 1. The van der Waals surface area contributed by atoms with Gasteiger partial charge in [0.2, 0.25) is 0 Å². The molecule has 3 aromatic carbocycles. The van der Waals surface area contributed by atoms with Crippen molar-refractivity contribution in [3.05, 3.63) is 108 Å². The molecule has 2 aliphatic rings. The second-order valence-electron chi connectivity index (χ2n) is 8.30. The van der Waals surface area contributed by atoms with E-state index < -0.39 is 4.92 Å². The van der Waals surface area contributed by atoms with Crippen molar-refractivity contribution in [2.24, 2.45) is 0 Å². The summed E-state index contributed by atoms with van der Waals surface area (Å²) < 4.78 is 0. The maximum Gasteiger partial charge on any atom is 0.269 e. The molecule has 0 spiro atoms. The first kappa shape index (κ1) is 19.4. The highest BCUT2D eigenvalue weighted by atomic mass is 16.6. The number of hydrogen-bond acceptors (Lipinski definition) is 3. The van der Waals surface area contributed by atoms with Crippen LogP contribution in [0.2, 0.25) is 0 Å². The van der Waals surface area contributed by atoms with E-state index in [4.69, 9.17) is 0 Å². The molecule has 0 radical (unpaired) electrons. The van der Waals surface area contributed by atoms with Gasteiger partial charge < -0.3 is 0 Å². The van der Waals surface area contributed by atoms with Gasteiger partial charge in [0.15, 0.2) is 5.78 Å². The Kier molecular flexibility index (Phi) is 4.78. The predicted octanol–water partition coefficient (Wildman–Crippen LogP) is 4.54. The van der Waals surface area contributed by atoms with Gasteiger partial charge in [-0.25, -0.2) is 0 Å². The minimum absolute atomic E-state index is 0.0000801. The molecule has 0 saturated heterocycles. The Hall–Kier alpha value is -3.53. The number of rotatable bonds is 4. The molecular weight excluding hydrogens is 386 g/mol. The zero-order valence-corrected chi connectivity index (χ0v) is 17.4. The molecule has 0 N–H and O–H groups in total. The quantitative estimate of drug-likeness (QED) is 0.361. The van der Waals surface area contributed by atoms with Crippen molar-refractivity contribution in [3.63, 3.8) is 0 Å². The van der Waals surface area contributed by atoms with E-state index in [1.807, 2.05) is 0 Å². The second-order valence-corrected chi connectivity index (χ2v) is 8.30. The highest BCUT2D eigenvalue weighted by molar-refractivity contribution is 6.24. The summed E-state index contributed by atoms with van der Waals surface area (Å²) >= 11 is 0. The number of carbonyl (C=O) groups is 1. The van der Waals surface area contributed by atoms with Gasteiger partial charge in [-0.3, -0.25) is 14.9 Å².